The van der Waals surface area contributed by atoms with Gasteiger partial charge in [-0.05, 0) is 12.3 Å². The first kappa shape index (κ1) is 15.8. The van der Waals surface area contributed by atoms with Crippen LogP contribution in [0.4, 0.5) is 0 Å². The van der Waals surface area contributed by atoms with Crippen molar-refractivity contribution in [3.63, 3.8) is 0 Å². The number of hydrogen-bond acceptors (Lipinski definition) is 4. The fraction of sp³-hybridized carbons (Fsp3) is 1.00. The van der Waals surface area contributed by atoms with Crippen molar-refractivity contribution in [3.05, 3.63) is 0 Å². The molecule has 0 amide bonds. The van der Waals surface area contributed by atoms with Gasteiger partial charge in [-0.15, -0.1) is 0 Å². The number of rotatable bonds is 8. The first-order valence-corrected chi connectivity index (χ1v) is 7.09. The number of nitrogens with zero attached hydrogens (tertiary/aromatic N) is 1. The minimum absolute atomic E-state index is 0.181. The highest BCUT2D eigenvalue weighted by atomic mass is 32.2. The second-order valence-corrected chi connectivity index (χ2v) is 6.69. The summed E-state index contributed by atoms with van der Waals surface area (Å²) in [6.07, 6.45) is 0.673. The summed E-state index contributed by atoms with van der Waals surface area (Å²) in [4.78, 5) is 0. The average molecular weight is 252 g/mol. The molecule has 0 rings (SSSR count). The van der Waals surface area contributed by atoms with Gasteiger partial charge in [0.1, 0.15) is 0 Å². The summed E-state index contributed by atoms with van der Waals surface area (Å²) in [5, 5.41) is 0. The molecule has 16 heavy (non-hydrogen) atoms. The quantitative estimate of drug-likeness (QED) is 0.673. The molecule has 6 heteroatoms. The van der Waals surface area contributed by atoms with Gasteiger partial charge in [0, 0.05) is 26.7 Å². The van der Waals surface area contributed by atoms with Crippen LogP contribution in [0.1, 0.15) is 20.3 Å². The van der Waals surface area contributed by atoms with E-state index in [1.54, 1.807) is 14.2 Å². The van der Waals surface area contributed by atoms with Crippen LogP contribution in [0.15, 0.2) is 0 Å². The van der Waals surface area contributed by atoms with Crippen LogP contribution in [0, 0.1) is 5.92 Å². The molecule has 5 nitrogen and oxygen atoms in total. The fourth-order valence-corrected chi connectivity index (χ4v) is 2.75. The van der Waals surface area contributed by atoms with Gasteiger partial charge in [0.2, 0.25) is 10.0 Å². The van der Waals surface area contributed by atoms with E-state index in [0.717, 1.165) is 0 Å². The average Bonchev–Trinajstić information content (AvgIpc) is 2.15. The maximum atomic E-state index is 11.8. The van der Waals surface area contributed by atoms with Crippen LogP contribution in [0.2, 0.25) is 0 Å². The molecule has 0 saturated carbocycles. The lowest BCUT2D eigenvalue weighted by molar-refractivity contribution is 0.173. The molecule has 98 valence electrons. The van der Waals surface area contributed by atoms with Crippen molar-refractivity contribution in [2.24, 2.45) is 11.7 Å². The Bertz CT molecular complexity index is 278. The maximum Gasteiger partial charge on any atom is 0.213 e. The van der Waals surface area contributed by atoms with Crippen molar-refractivity contribution in [2.45, 2.75) is 26.3 Å². The number of likely N-dealkylation sites (N-methyl/N-ethyl adjacent to an activating group) is 1. The fourth-order valence-electron chi connectivity index (χ4n) is 1.25. The number of methoxy groups -OCH3 is 1. The van der Waals surface area contributed by atoms with Gasteiger partial charge in [0.15, 0.2) is 0 Å². The number of sulfonamides is 1. The first-order valence-electron chi connectivity index (χ1n) is 5.48. The van der Waals surface area contributed by atoms with Crippen molar-refractivity contribution in [2.75, 3.05) is 33.1 Å². The smallest absolute Gasteiger partial charge is 0.213 e. The van der Waals surface area contributed by atoms with E-state index in [1.165, 1.54) is 4.31 Å². The Labute approximate surface area is 99.0 Å². The van der Waals surface area contributed by atoms with Crippen LogP contribution in [0.5, 0.6) is 0 Å². The Hall–Kier alpha value is -0.170. The van der Waals surface area contributed by atoms with Gasteiger partial charge in [0.05, 0.1) is 12.4 Å². The second kappa shape index (κ2) is 7.21. The van der Waals surface area contributed by atoms with E-state index < -0.39 is 10.0 Å². The van der Waals surface area contributed by atoms with Gasteiger partial charge >= 0.3 is 0 Å². The summed E-state index contributed by atoms with van der Waals surface area (Å²) in [7, 11) is -0.0615. The summed E-state index contributed by atoms with van der Waals surface area (Å²) in [5.74, 6) is 0.566. The monoisotopic (exact) mass is 252 g/mol. The molecule has 0 fully saturated rings. The van der Waals surface area contributed by atoms with Crippen molar-refractivity contribution >= 4 is 10.0 Å². The number of nitrogens with two attached hydrogens (primary N) is 1. The molecule has 0 aromatic carbocycles. The van der Waals surface area contributed by atoms with Crippen molar-refractivity contribution in [1.82, 2.24) is 4.31 Å². The number of ether oxygens (including phenoxy) is 1. The van der Waals surface area contributed by atoms with E-state index in [9.17, 15) is 8.42 Å². The zero-order valence-corrected chi connectivity index (χ0v) is 11.5. The molecule has 1 unspecified atom stereocenters. The van der Waals surface area contributed by atoms with Gasteiger partial charge in [-0.2, -0.15) is 0 Å². The van der Waals surface area contributed by atoms with E-state index >= 15 is 0 Å². The van der Waals surface area contributed by atoms with Crippen molar-refractivity contribution in [3.8, 4) is 0 Å². The van der Waals surface area contributed by atoms with Crippen LogP contribution < -0.4 is 5.73 Å². The second-order valence-electron chi connectivity index (χ2n) is 4.49. The van der Waals surface area contributed by atoms with Gasteiger partial charge in [0.25, 0.3) is 0 Å². The SMILES string of the molecule is COCC(N)CN(C)S(=O)(=O)CCC(C)C. The lowest BCUT2D eigenvalue weighted by Gasteiger charge is -2.21. The molecular formula is C10H24N2O3S. The van der Waals surface area contributed by atoms with Crippen LogP contribution in [-0.4, -0.2) is 51.8 Å². The van der Waals surface area contributed by atoms with Gasteiger partial charge in [-0.1, -0.05) is 13.8 Å². The Kier molecular flexibility index (Phi) is 7.14. The zero-order valence-electron chi connectivity index (χ0n) is 10.6. The Morgan fingerprint density at radius 1 is 1.38 bits per heavy atom. The minimum atomic E-state index is -3.17. The lowest BCUT2D eigenvalue weighted by atomic mass is 10.2. The normalized spacial score (nSPS) is 14.7. The number of hydrogen-bond donors (Lipinski definition) is 1. The third kappa shape index (κ3) is 6.42. The van der Waals surface area contributed by atoms with E-state index in [2.05, 4.69) is 0 Å². The minimum Gasteiger partial charge on any atom is -0.383 e. The molecule has 0 aliphatic heterocycles. The zero-order chi connectivity index (χ0) is 12.8. The summed E-state index contributed by atoms with van der Waals surface area (Å²) in [6, 6.07) is -0.274. The highest BCUT2D eigenvalue weighted by Crippen LogP contribution is 2.06. The maximum absolute atomic E-state index is 11.8. The predicted molar refractivity (Wildman–Crippen MR) is 65.7 cm³/mol. The Balaban J connectivity index is 4.19. The van der Waals surface area contributed by atoms with Crippen molar-refractivity contribution < 1.29 is 13.2 Å². The van der Waals surface area contributed by atoms with Crippen molar-refractivity contribution in [1.29, 1.82) is 0 Å². The molecular weight excluding hydrogens is 228 g/mol. The molecule has 0 bridgehead atoms. The summed E-state index contributed by atoms with van der Waals surface area (Å²) in [5.41, 5.74) is 5.71. The van der Waals surface area contributed by atoms with Gasteiger partial charge < -0.3 is 10.5 Å². The van der Waals surface area contributed by atoms with Gasteiger partial charge in [-0.3, -0.25) is 0 Å². The molecule has 0 aromatic heterocycles. The van der Waals surface area contributed by atoms with E-state index in [0.29, 0.717) is 25.5 Å². The first-order chi connectivity index (χ1) is 7.29. The third-order valence-corrected chi connectivity index (χ3v) is 4.15. The molecule has 0 radical (unpaired) electrons. The summed E-state index contributed by atoms with van der Waals surface area (Å²) >= 11 is 0. The summed E-state index contributed by atoms with van der Waals surface area (Å²) in [6.45, 7) is 4.68. The van der Waals surface area contributed by atoms with E-state index in [4.69, 9.17) is 10.5 Å². The van der Waals surface area contributed by atoms with Crippen LogP contribution in [0.3, 0.4) is 0 Å². The lowest BCUT2D eigenvalue weighted by Crippen LogP contribution is -2.42. The van der Waals surface area contributed by atoms with Crippen LogP contribution in [0.25, 0.3) is 0 Å². The molecule has 0 aromatic rings. The molecule has 0 saturated heterocycles. The van der Waals surface area contributed by atoms with Gasteiger partial charge in [-0.25, -0.2) is 12.7 Å². The Morgan fingerprint density at radius 3 is 2.38 bits per heavy atom. The topological polar surface area (TPSA) is 72.6 Å². The molecule has 0 aliphatic carbocycles. The van der Waals surface area contributed by atoms with Crippen LogP contribution >= 0.6 is 0 Å². The summed E-state index contributed by atoms with van der Waals surface area (Å²) < 4.78 is 29.8. The highest BCUT2D eigenvalue weighted by Gasteiger charge is 2.20. The van der Waals surface area contributed by atoms with E-state index in [1.807, 2.05) is 13.8 Å². The molecule has 0 spiro atoms. The largest absolute Gasteiger partial charge is 0.383 e. The van der Waals surface area contributed by atoms with E-state index in [-0.39, 0.29) is 11.8 Å². The predicted octanol–water partition coefficient (Wildman–Crippen LogP) is 0.268. The molecule has 0 aliphatic rings. The Morgan fingerprint density at radius 2 is 1.94 bits per heavy atom. The third-order valence-electron chi connectivity index (χ3n) is 2.30. The molecule has 2 N–H and O–H groups in total. The van der Waals surface area contributed by atoms with Crippen LogP contribution in [-0.2, 0) is 14.8 Å². The molecule has 0 heterocycles. The molecule has 1 atom stereocenters. The standard InChI is InChI=1S/C10H24N2O3S/c1-9(2)5-6-16(13,14)12(3)7-10(11)8-15-4/h9-10H,5-8,11H2,1-4H3. The highest BCUT2D eigenvalue weighted by molar-refractivity contribution is 7.89.